The highest BCUT2D eigenvalue weighted by Crippen LogP contribution is 2.20. The van der Waals surface area contributed by atoms with E-state index >= 15 is 0 Å². The summed E-state index contributed by atoms with van der Waals surface area (Å²) in [5, 5.41) is 6.25. The maximum Gasteiger partial charge on any atom is 0.246 e. The van der Waals surface area contributed by atoms with E-state index in [-0.39, 0.29) is 12.5 Å². The van der Waals surface area contributed by atoms with Crippen molar-refractivity contribution in [2.75, 3.05) is 6.54 Å². The third kappa shape index (κ3) is 4.24. The van der Waals surface area contributed by atoms with Gasteiger partial charge in [0.25, 0.3) is 0 Å². The molecule has 0 unspecified atom stereocenters. The molecule has 1 aromatic heterocycles. The maximum atomic E-state index is 13.0. The zero-order chi connectivity index (χ0) is 20.1. The van der Waals surface area contributed by atoms with E-state index in [2.05, 4.69) is 16.7 Å². The molecule has 4 aromatic rings. The van der Waals surface area contributed by atoms with Gasteiger partial charge < -0.3 is 9.42 Å². The Morgan fingerprint density at radius 3 is 2.59 bits per heavy atom. The van der Waals surface area contributed by atoms with Gasteiger partial charge in [0.2, 0.25) is 17.6 Å². The van der Waals surface area contributed by atoms with Gasteiger partial charge in [0.05, 0.1) is 6.42 Å². The van der Waals surface area contributed by atoms with Crippen LogP contribution in [0.25, 0.3) is 22.2 Å². The Morgan fingerprint density at radius 1 is 1.00 bits per heavy atom. The minimum absolute atomic E-state index is 0.0132. The van der Waals surface area contributed by atoms with E-state index in [1.54, 1.807) is 11.0 Å². The van der Waals surface area contributed by atoms with Gasteiger partial charge >= 0.3 is 0 Å². The van der Waals surface area contributed by atoms with Crippen LogP contribution in [0.4, 0.5) is 0 Å². The molecule has 5 nitrogen and oxygen atoms in total. The fourth-order valence-electron chi connectivity index (χ4n) is 3.32. The predicted molar refractivity (Wildman–Crippen MR) is 113 cm³/mol. The molecule has 0 spiro atoms. The SMILES string of the molecule is C=CCN(Cc1nc(-c2ccccc2)no1)C(=O)Cc1cccc2ccccc12. The van der Waals surface area contributed by atoms with Gasteiger partial charge in [-0.05, 0) is 16.3 Å². The van der Waals surface area contributed by atoms with Crippen LogP contribution in [0.1, 0.15) is 11.5 Å². The van der Waals surface area contributed by atoms with Crippen LogP contribution in [0.2, 0.25) is 0 Å². The van der Waals surface area contributed by atoms with Gasteiger partial charge in [0.1, 0.15) is 6.54 Å². The summed E-state index contributed by atoms with van der Waals surface area (Å²) in [6, 6.07) is 23.7. The number of rotatable bonds is 7. The first-order valence-corrected chi connectivity index (χ1v) is 9.48. The molecule has 0 fully saturated rings. The lowest BCUT2D eigenvalue weighted by Gasteiger charge is -2.19. The Kier molecular flexibility index (Phi) is 5.47. The lowest BCUT2D eigenvalue weighted by molar-refractivity contribution is -0.130. The molecule has 0 atom stereocenters. The molecule has 0 aliphatic carbocycles. The smallest absolute Gasteiger partial charge is 0.246 e. The fourth-order valence-corrected chi connectivity index (χ4v) is 3.32. The van der Waals surface area contributed by atoms with Gasteiger partial charge in [-0.25, -0.2) is 0 Å². The summed E-state index contributed by atoms with van der Waals surface area (Å²) in [5.41, 5.74) is 1.87. The first-order valence-electron chi connectivity index (χ1n) is 9.48. The van der Waals surface area contributed by atoms with E-state index in [1.807, 2.05) is 72.8 Å². The number of hydrogen-bond acceptors (Lipinski definition) is 4. The highest BCUT2D eigenvalue weighted by molar-refractivity contribution is 5.90. The van der Waals surface area contributed by atoms with E-state index in [0.29, 0.717) is 24.7 Å². The summed E-state index contributed by atoms with van der Waals surface area (Å²) < 4.78 is 5.38. The molecule has 0 saturated heterocycles. The summed E-state index contributed by atoms with van der Waals surface area (Å²) in [4.78, 5) is 19.1. The van der Waals surface area contributed by atoms with E-state index in [0.717, 1.165) is 21.9 Å². The highest BCUT2D eigenvalue weighted by atomic mass is 16.5. The van der Waals surface area contributed by atoms with Crippen LogP contribution in [0.5, 0.6) is 0 Å². The first kappa shape index (κ1) is 18.6. The van der Waals surface area contributed by atoms with Crippen LogP contribution in [0.15, 0.2) is 90.0 Å². The van der Waals surface area contributed by atoms with Gasteiger partial charge in [-0.15, -0.1) is 6.58 Å². The summed E-state index contributed by atoms with van der Waals surface area (Å²) in [7, 11) is 0. The molecule has 1 amide bonds. The number of fused-ring (bicyclic) bond motifs is 1. The van der Waals surface area contributed by atoms with Gasteiger partial charge in [-0.2, -0.15) is 4.98 Å². The predicted octanol–water partition coefficient (Wildman–Crippen LogP) is 4.65. The minimum atomic E-state index is -0.0132. The Labute approximate surface area is 169 Å². The monoisotopic (exact) mass is 383 g/mol. The van der Waals surface area contributed by atoms with Crippen LogP contribution in [-0.2, 0) is 17.8 Å². The van der Waals surface area contributed by atoms with Gasteiger partial charge in [0, 0.05) is 12.1 Å². The van der Waals surface area contributed by atoms with Crippen molar-refractivity contribution in [1.29, 1.82) is 0 Å². The van der Waals surface area contributed by atoms with E-state index in [1.165, 1.54) is 0 Å². The average Bonchev–Trinajstić information content (AvgIpc) is 3.23. The lowest BCUT2D eigenvalue weighted by atomic mass is 10.0. The highest BCUT2D eigenvalue weighted by Gasteiger charge is 2.18. The Balaban J connectivity index is 1.52. The Morgan fingerprint density at radius 2 is 1.76 bits per heavy atom. The van der Waals surface area contributed by atoms with Gasteiger partial charge in [-0.1, -0.05) is 84.0 Å². The van der Waals surface area contributed by atoms with Gasteiger partial charge in [-0.3, -0.25) is 4.79 Å². The molecule has 1 heterocycles. The van der Waals surface area contributed by atoms with Crippen molar-refractivity contribution >= 4 is 16.7 Å². The molecular weight excluding hydrogens is 362 g/mol. The number of carbonyl (C=O) groups excluding carboxylic acids is 1. The molecule has 0 saturated carbocycles. The van der Waals surface area contributed by atoms with Crippen molar-refractivity contribution in [1.82, 2.24) is 15.0 Å². The molecule has 4 rings (SSSR count). The van der Waals surface area contributed by atoms with E-state index in [9.17, 15) is 4.79 Å². The molecule has 0 aliphatic heterocycles. The quantitative estimate of drug-likeness (QED) is 0.436. The average molecular weight is 383 g/mol. The second-order valence-corrected chi connectivity index (χ2v) is 6.76. The number of carbonyl (C=O) groups is 1. The van der Waals surface area contributed by atoms with Crippen molar-refractivity contribution in [2.45, 2.75) is 13.0 Å². The standard InChI is InChI=1S/C24H21N3O2/c1-2-15-27(17-22-25-24(26-29-22)19-10-4-3-5-11-19)23(28)16-20-13-8-12-18-9-6-7-14-21(18)20/h2-14H,1,15-17H2. The van der Waals surface area contributed by atoms with Crippen molar-refractivity contribution in [3.8, 4) is 11.4 Å². The van der Waals surface area contributed by atoms with Crippen LogP contribution in [-0.4, -0.2) is 27.5 Å². The number of aromatic nitrogens is 2. The largest absolute Gasteiger partial charge is 0.337 e. The zero-order valence-electron chi connectivity index (χ0n) is 16.0. The van der Waals surface area contributed by atoms with Crippen LogP contribution < -0.4 is 0 Å². The second-order valence-electron chi connectivity index (χ2n) is 6.76. The summed E-state index contributed by atoms with van der Waals surface area (Å²) in [6.45, 7) is 4.43. The van der Waals surface area contributed by atoms with Crippen LogP contribution in [0.3, 0.4) is 0 Å². The van der Waals surface area contributed by atoms with Crippen molar-refractivity contribution in [2.24, 2.45) is 0 Å². The molecule has 0 aliphatic rings. The Bertz CT molecular complexity index is 1130. The molecule has 5 heteroatoms. The summed E-state index contributed by atoms with van der Waals surface area (Å²) >= 11 is 0. The molecule has 3 aromatic carbocycles. The molecule has 144 valence electrons. The van der Waals surface area contributed by atoms with Gasteiger partial charge in [0.15, 0.2) is 0 Å². The van der Waals surface area contributed by atoms with Crippen LogP contribution >= 0.6 is 0 Å². The molecule has 0 radical (unpaired) electrons. The third-order valence-corrected chi connectivity index (χ3v) is 4.75. The molecular formula is C24H21N3O2. The number of nitrogens with zero attached hydrogens (tertiary/aromatic N) is 3. The number of amides is 1. The lowest BCUT2D eigenvalue weighted by Crippen LogP contribution is -2.32. The first-order chi connectivity index (χ1) is 14.2. The third-order valence-electron chi connectivity index (χ3n) is 4.75. The topological polar surface area (TPSA) is 59.2 Å². The summed E-state index contributed by atoms with van der Waals surface area (Å²) in [5.74, 6) is 0.901. The van der Waals surface area contributed by atoms with Crippen molar-refractivity contribution in [3.05, 3.63) is 96.9 Å². The molecule has 0 N–H and O–H groups in total. The Hall–Kier alpha value is -3.73. The van der Waals surface area contributed by atoms with Crippen molar-refractivity contribution < 1.29 is 9.32 Å². The van der Waals surface area contributed by atoms with Crippen molar-refractivity contribution in [3.63, 3.8) is 0 Å². The van der Waals surface area contributed by atoms with E-state index in [4.69, 9.17) is 4.52 Å². The van der Waals surface area contributed by atoms with Crippen LogP contribution in [0, 0.1) is 0 Å². The summed E-state index contributed by atoms with van der Waals surface area (Å²) in [6.07, 6.45) is 2.00. The minimum Gasteiger partial charge on any atom is -0.337 e. The second kappa shape index (κ2) is 8.52. The number of benzene rings is 3. The fraction of sp³-hybridized carbons (Fsp3) is 0.125. The number of hydrogen-bond donors (Lipinski definition) is 0. The zero-order valence-corrected chi connectivity index (χ0v) is 16.0. The normalized spacial score (nSPS) is 10.8. The molecule has 29 heavy (non-hydrogen) atoms. The maximum absolute atomic E-state index is 13.0. The van der Waals surface area contributed by atoms with E-state index < -0.39 is 0 Å². The molecule has 0 bridgehead atoms.